The summed E-state index contributed by atoms with van der Waals surface area (Å²) in [7, 11) is 0. The second-order valence-corrected chi connectivity index (χ2v) is 13.0. The van der Waals surface area contributed by atoms with E-state index >= 15 is 0 Å². The minimum Gasteiger partial charge on any atom is -0.388 e. The lowest BCUT2D eigenvalue weighted by molar-refractivity contribution is -0.293. The molecule has 17 nitrogen and oxygen atoms in total. The van der Waals surface area contributed by atoms with Crippen molar-refractivity contribution in [3.05, 3.63) is 0 Å². The first-order valence-corrected chi connectivity index (χ1v) is 17.2. The molecular weight excluding hydrogens is 650 g/mol. The first-order chi connectivity index (χ1) is 23.3. The third kappa shape index (κ3) is 11.6. The van der Waals surface area contributed by atoms with Gasteiger partial charge in [0.05, 0.1) is 31.3 Å². The van der Waals surface area contributed by atoms with Gasteiger partial charge in [0.1, 0.15) is 42.4 Å². The van der Waals surface area contributed by atoms with Gasteiger partial charge in [0, 0.05) is 51.4 Å². The molecule has 17 heteroatoms. The van der Waals surface area contributed by atoms with Gasteiger partial charge in [-0.3, -0.25) is 19.2 Å². The molecule has 0 aromatic heterocycles. The van der Waals surface area contributed by atoms with Crippen LogP contribution in [0.4, 0.5) is 0 Å². The van der Waals surface area contributed by atoms with Gasteiger partial charge in [-0.15, -0.1) is 0 Å². The molecule has 0 unspecified atom stereocenters. The number of hydrogen-bond donors (Lipinski definition) is 8. The third-order valence-electron chi connectivity index (χ3n) is 9.28. The number of likely N-dealkylation sites (tertiary alicyclic amines) is 1. The standard InChI is InChI=1S/C32H55N3O14/c1-4-33-22(37)9-5-6-10-23(38)35-13-11-19(21(36)8-7-14-46-31-28(43)26(41)24(39)17(2)48-31)20(16-35)30(45)34-12-15-47-32-29(44)27(42)25(40)18(3)49-32/h17-20,24-29,31-32,39-44H,4-16H2,1-3H3,(H,33,37)(H,34,45)/t17-,18-,19+,20-,24+,25+,26+,27+,28-,29-,31+,32+/m0/s1. The van der Waals surface area contributed by atoms with Crippen molar-refractivity contribution in [2.45, 2.75) is 127 Å². The first-order valence-electron chi connectivity index (χ1n) is 17.2. The van der Waals surface area contributed by atoms with Gasteiger partial charge in [-0.25, -0.2) is 0 Å². The molecule has 3 fully saturated rings. The van der Waals surface area contributed by atoms with Crippen LogP contribution in [0.25, 0.3) is 0 Å². The number of ketones is 1. The van der Waals surface area contributed by atoms with Crippen molar-refractivity contribution in [3.63, 3.8) is 0 Å². The van der Waals surface area contributed by atoms with Crippen molar-refractivity contribution in [1.29, 1.82) is 0 Å². The number of nitrogens with one attached hydrogen (secondary N) is 2. The van der Waals surface area contributed by atoms with E-state index < -0.39 is 79.2 Å². The Morgan fingerprint density at radius 1 is 0.714 bits per heavy atom. The third-order valence-corrected chi connectivity index (χ3v) is 9.28. The molecule has 0 bridgehead atoms. The van der Waals surface area contributed by atoms with Crippen molar-refractivity contribution in [1.82, 2.24) is 15.5 Å². The lowest BCUT2D eigenvalue weighted by atomic mass is 9.80. The molecule has 3 aliphatic heterocycles. The molecule has 3 rings (SSSR count). The predicted octanol–water partition coefficient (Wildman–Crippen LogP) is -2.70. The molecule has 0 saturated carbocycles. The van der Waals surface area contributed by atoms with Crippen molar-refractivity contribution < 1.29 is 68.8 Å². The SMILES string of the molecule is CCNC(=O)CCCCC(=O)N1CC[C@@H](C(=O)CCCO[C@@H]2O[C@@H](C)[C@@H](O)[C@@H](O)[C@@H]2O)[C@@H](C(=O)NCCO[C@@H]2O[C@@H](C)[C@@H](O)[C@@H](O)[C@@H]2O)C1. The highest BCUT2D eigenvalue weighted by Crippen LogP contribution is 2.28. The molecule has 0 radical (unpaired) electrons. The van der Waals surface area contributed by atoms with Crippen LogP contribution in [-0.4, -0.2) is 160 Å². The molecule has 12 atom stereocenters. The maximum Gasteiger partial charge on any atom is 0.225 e. The van der Waals surface area contributed by atoms with Gasteiger partial charge >= 0.3 is 0 Å². The Kier molecular flexibility index (Phi) is 16.7. The average molecular weight is 706 g/mol. The molecule has 3 saturated heterocycles. The number of aliphatic hydroxyl groups excluding tert-OH is 6. The van der Waals surface area contributed by atoms with E-state index in [0.717, 1.165) is 0 Å². The van der Waals surface area contributed by atoms with Crippen LogP contribution in [0.5, 0.6) is 0 Å². The Labute approximate surface area is 286 Å². The van der Waals surface area contributed by atoms with Gasteiger partial charge in [0.2, 0.25) is 17.7 Å². The zero-order valence-electron chi connectivity index (χ0n) is 28.5. The number of ether oxygens (including phenoxy) is 4. The van der Waals surface area contributed by atoms with Crippen LogP contribution in [0, 0.1) is 11.8 Å². The fourth-order valence-corrected chi connectivity index (χ4v) is 6.25. The number of carbonyl (C=O) groups excluding carboxylic acids is 4. The van der Waals surface area contributed by atoms with Crippen LogP contribution >= 0.6 is 0 Å². The molecule has 8 N–H and O–H groups in total. The molecular formula is C32H55N3O14. The number of amides is 3. The van der Waals surface area contributed by atoms with E-state index in [4.69, 9.17) is 18.9 Å². The molecule has 0 aromatic rings. The van der Waals surface area contributed by atoms with E-state index in [9.17, 15) is 49.8 Å². The highest BCUT2D eigenvalue weighted by atomic mass is 16.7. The minimum absolute atomic E-state index is 0.00421. The van der Waals surface area contributed by atoms with Crippen molar-refractivity contribution in [2.24, 2.45) is 11.8 Å². The summed E-state index contributed by atoms with van der Waals surface area (Å²) in [6, 6.07) is 0. The second-order valence-electron chi connectivity index (χ2n) is 13.0. The summed E-state index contributed by atoms with van der Waals surface area (Å²) in [6.45, 7) is 5.56. The Balaban J connectivity index is 1.54. The Hall–Kier alpha value is -2.32. The number of nitrogens with zero attached hydrogens (tertiary/aromatic N) is 1. The number of piperidine rings is 1. The molecule has 0 aliphatic carbocycles. The van der Waals surface area contributed by atoms with Crippen molar-refractivity contribution in [3.8, 4) is 0 Å². The second kappa shape index (κ2) is 19.9. The quantitative estimate of drug-likeness (QED) is 0.0718. The summed E-state index contributed by atoms with van der Waals surface area (Å²) in [5.41, 5.74) is 0. The monoisotopic (exact) mass is 705 g/mol. The smallest absolute Gasteiger partial charge is 0.225 e. The fourth-order valence-electron chi connectivity index (χ4n) is 6.25. The topological polar surface area (TPSA) is 254 Å². The predicted molar refractivity (Wildman–Crippen MR) is 169 cm³/mol. The van der Waals surface area contributed by atoms with Crippen LogP contribution in [0.15, 0.2) is 0 Å². The molecule has 3 heterocycles. The van der Waals surface area contributed by atoms with E-state index in [1.807, 2.05) is 6.92 Å². The van der Waals surface area contributed by atoms with Crippen LogP contribution in [0.1, 0.15) is 65.7 Å². The van der Waals surface area contributed by atoms with E-state index in [-0.39, 0.29) is 76.1 Å². The fraction of sp³-hybridized carbons (Fsp3) is 0.875. The highest BCUT2D eigenvalue weighted by molar-refractivity contribution is 5.90. The first kappa shape index (κ1) is 41.1. The number of aliphatic hydroxyl groups is 6. The van der Waals surface area contributed by atoms with Gasteiger partial charge in [-0.05, 0) is 46.5 Å². The van der Waals surface area contributed by atoms with E-state index in [0.29, 0.717) is 25.8 Å². The summed E-state index contributed by atoms with van der Waals surface area (Å²) >= 11 is 0. The summed E-state index contributed by atoms with van der Waals surface area (Å²) in [5.74, 6) is -2.50. The number of hydrogen-bond acceptors (Lipinski definition) is 14. The Bertz CT molecular complexity index is 1080. The van der Waals surface area contributed by atoms with Crippen LogP contribution < -0.4 is 10.6 Å². The number of unbranched alkanes of at least 4 members (excludes halogenated alkanes) is 1. The summed E-state index contributed by atoms with van der Waals surface area (Å²) < 4.78 is 21.9. The summed E-state index contributed by atoms with van der Waals surface area (Å²) in [6.07, 6.45) is -10.4. The lowest BCUT2D eigenvalue weighted by Crippen LogP contribution is -2.57. The minimum atomic E-state index is -1.50. The molecule has 0 spiro atoms. The largest absolute Gasteiger partial charge is 0.388 e. The van der Waals surface area contributed by atoms with Crippen molar-refractivity contribution in [2.75, 3.05) is 39.4 Å². The number of Topliss-reactive ketones (excluding diaryl/α,β-unsaturated/α-hetero) is 1. The molecule has 49 heavy (non-hydrogen) atoms. The van der Waals surface area contributed by atoms with Gasteiger partial charge < -0.3 is 65.1 Å². The molecule has 282 valence electrons. The van der Waals surface area contributed by atoms with Crippen LogP contribution in [0.3, 0.4) is 0 Å². The van der Waals surface area contributed by atoms with Gasteiger partial charge in [-0.2, -0.15) is 0 Å². The zero-order valence-corrected chi connectivity index (χ0v) is 28.5. The van der Waals surface area contributed by atoms with Crippen LogP contribution in [-0.2, 0) is 38.1 Å². The van der Waals surface area contributed by atoms with E-state index in [1.54, 1.807) is 4.90 Å². The molecule has 3 amide bonds. The number of carbonyl (C=O) groups is 4. The zero-order chi connectivity index (χ0) is 36.2. The summed E-state index contributed by atoms with van der Waals surface area (Å²) in [5, 5.41) is 65.5. The van der Waals surface area contributed by atoms with Crippen LogP contribution in [0.2, 0.25) is 0 Å². The Morgan fingerprint density at radius 2 is 1.29 bits per heavy atom. The normalized spacial score (nSPS) is 35.1. The van der Waals surface area contributed by atoms with E-state index in [2.05, 4.69) is 10.6 Å². The van der Waals surface area contributed by atoms with Gasteiger partial charge in [0.15, 0.2) is 12.6 Å². The average Bonchev–Trinajstić information content (AvgIpc) is 3.08. The number of rotatable bonds is 17. The van der Waals surface area contributed by atoms with Gasteiger partial charge in [-0.1, -0.05) is 0 Å². The van der Waals surface area contributed by atoms with Crippen molar-refractivity contribution >= 4 is 23.5 Å². The maximum atomic E-state index is 13.4. The maximum absolute atomic E-state index is 13.4. The molecule has 3 aliphatic rings. The molecule has 0 aromatic carbocycles. The highest BCUT2D eigenvalue weighted by Gasteiger charge is 2.44. The van der Waals surface area contributed by atoms with E-state index in [1.165, 1.54) is 13.8 Å². The summed E-state index contributed by atoms with van der Waals surface area (Å²) in [4.78, 5) is 53.1. The van der Waals surface area contributed by atoms with Gasteiger partial charge in [0.25, 0.3) is 0 Å². The Morgan fingerprint density at radius 3 is 1.88 bits per heavy atom. The lowest BCUT2D eigenvalue weighted by Gasteiger charge is -2.39.